The van der Waals surface area contributed by atoms with E-state index in [0.29, 0.717) is 36.4 Å². The third-order valence-electron chi connectivity index (χ3n) is 4.85. The number of nitrogens with two attached hydrogens (primary N) is 1. The van der Waals surface area contributed by atoms with Crippen LogP contribution in [0.1, 0.15) is 63.4 Å². The molecule has 0 spiro atoms. The molecule has 1 unspecified atom stereocenters. The molecule has 0 radical (unpaired) electrons. The Kier molecular flexibility index (Phi) is 7.17. The van der Waals surface area contributed by atoms with Gasteiger partial charge in [-0.15, -0.1) is 0 Å². The van der Waals surface area contributed by atoms with E-state index in [4.69, 9.17) is 19.9 Å². The molecule has 0 fully saturated rings. The van der Waals surface area contributed by atoms with Gasteiger partial charge in [-0.3, -0.25) is 5.10 Å². The fourth-order valence-electron chi connectivity index (χ4n) is 3.13. The number of hydrogen-bond acceptors (Lipinski definition) is 6. The van der Waals surface area contributed by atoms with Crippen LogP contribution in [0.5, 0.6) is 17.2 Å². The first-order chi connectivity index (χ1) is 14.8. The molecule has 0 bridgehead atoms. The van der Waals surface area contributed by atoms with Crippen LogP contribution in [0.2, 0.25) is 0 Å². The standard InChI is InChI=1S/C24H32N4O3/c1-6-29-19-13-8-16(14-20(19)30-7-2)22(25)23-26-21(27-28-23)15-31-18-11-9-17(10-12-18)24(3,4)5/h8-14,22H,6-7,15,25H2,1-5H3,(H,26,27,28). The number of nitrogens with zero attached hydrogens (tertiary/aromatic N) is 2. The highest BCUT2D eigenvalue weighted by Crippen LogP contribution is 2.31. The Morgan fingerprint density at radius 3 is 2.26 bits per heavy atom. The van der Waals surface area contributed by atoms with E-state index in [1.54, 1.807) is 0 Å². The Labute approximate surface area is 183 Å². The van der Waals surface area contributed by atoms with Crippen LogP contribution in [0.3, 0.4) is 0 Å². The van der Waals surface area contributed by atoms with Crippen molar-refractivity contribution in [1.29, 1.82) is 0 Å². The lowest BCUT2D eigenvalue weighted by Gasteiger charge is -2.19. The minimum atomic E-state index is -0.494. The molecule has 1 atom stereocenters. The maximum atomic E-state index is 6.40. The molecule has 1 heterocycles. The van der Waals surface area contributed by atoms with Gasteiger partial charge >= 0.3 is 0 Å². The van der Waals surface area contributed by atoms with Crippen LogP contribution >= 0.6 is 0 Å². The van der Waals surface area contributed by atoms with Gasteiger partial charge in [0.1, 0.15) is 12.4 Å². The van der Waals surface area contributed by atoms with Crippen LogP contribution in [-0.2, 0) is 12.0 Å². The number of aromatic amines is 1. The predicted octanol–water partition coefficient (Wildman–Crippen LogP) is 4.53. The van der Waals surface area contributed by atoms with E-state index in [1.807, 2.05) is 44.2 Å². The lowest BCUT2D eigenvalue weighted by Crippen LogP contribution is -2.14. The van der Waals surface area contributed by atoms with Gasteiger partial charge < -0.3 is 19.9 Å². The van der Waals surface area contributed by atoms with E-state index in [0.717, 1.165) is 11.3 Å². The predicted molar refractivity (Wildman–Crippen MR) is 121 cm³/mol. The molecular formula is C24H32N4O3. The molecule has 1 aromatic heterocycles. The maximum Gasteiger partial charge on any atom is 0.172 e. The van der Waals surface area contributed by atoms with Crippen molar-refractivity contribution in [1.82, 2.24) is 15.2 Å². The molecule has 3 N–H and O–H groups in total. The van der Waals surface area contributed by atoms with Crippen LogP contribution in [0.15, 0.2) is 42.5 Å². The number of rotatable bonds is 9. The lowest BCUT2D eigenvalue weighted by molar-refractivity contribution is 0.287. The average molecular weight is 425 g/mol. The molecular weight excluding hydrogens is 392 g/mol. The Balaban J connectivity index is 1.66. The molecule has 2 aromatic carbocycles. The normalized spacial score (nSPS) is 12.5. The fraction of sp³-hybridized carbons (Fsp3) is 0.417. The van der Waals surface area contributed by atoms with E-state index in [1.165, 1.54) is 5.56 Å². The summed E-state index contributed by atoms with van der Waals surface area (Å²) >= 11 is 0. The monoisotopic (exact) mass is 424 g/mol. The summed E-state index contributed by atoms with van der Waals surface area (Å²) in [6.45, 7) is 11.8. The zero-order valence-corrected chi connectivity index (χ0v) is 18.9. The van der Waals surface area contributed by atoms with Gasteiger partial charge in [-0.2, -0.15) is 5.10 Å². The van der Waals surface area contributed by atoms with Crippen LogP contribution in [0.4, 0.5) is 0 Å². The quantitative estimate of drug-likeness (QED) is 0.524. The number of ether oxygens (including phenoxy) is 3. The van der Waals surface area contributed by atoms with Gasteiger partial charge in [0, 0.05) is 0 Å². The van der Waals surface area contributed by atoms with Crippen molar-refractivity contribution < 1.29 is 14.2 Å². The maximum absolute atomic E-state index is 6.40. The molecule has 0 amide bonds. The number of aromatic nitrogens is 3. The number of nitrogens with one attached hydrogen (secondary N) is 1. The molecule has 0 aliphatic heterocycles. The number of hydrogen-bond donors (Lipinski definition) is 2. The highest BCUT2D eigenvalue weighted by molar-refractivity contribution is 5.45. The topological polar surface area (TPSA) is 95.3 Å². The van der Waals surface area contributed by atoms with Gasteiger partial charge in [0.05, 0.1) is 19.3 Å². The molecule has 0 aliphatic rings. The SMILES string of the molecule is CCOc1ccc(C(N)c2n[nH]c(COc3ccc(C(C)(C)C)cc3)n2)cc1OCC. The molecule has 7 nitrogen and oxygen atoms in total. The minimum absolute atomic E-state index is 0.109. The first-order valence-electron chi connectivity index (χ1n) is 10.6. The number of H-pyrrole nitrogens is 1. The fourth-order valence-corrected chi connectivity index (χ4v) is 3.13. The summed E-state index contributed by atoms with van der Waals surface area (Å²) in [5.74, 6) is 3.25. The molecule has 3 aromatic rings. The van der Waals surface area contributed by atoms with Crippen LogP contribution in [-0.4, -0.2) is 28.4 Å². The molecule has 3 rings (SSSR count). The third kappa shape index (κ3) is 5.76. The Bertz CT molecular complexity index is 977. The van der Waals surface area contributed by atoms with Gasteiger partial charge in [-0.25, -0.2) is 4.98 Å². The Hall–Kier alpha value is -3.06. The summed E-state index contributed by atoms with van der Waals surface area (Å²) in [6, 6.07) is 13.3. The first kappa shape index (κ1) is 22.6. The van der Waals surface area contributed by atoms with Gasteiger partial charge in [0.25, 0.3) is 0 Å². The van der Waals surface area contributed by atoms with Gasteiger partial charge in [0.2, 0.25) is 0 Å². The second kappa shape index (κ2) is 9.83. The lowest BCUT2D eigenvalue weighted by atomic mass is 9.87. The average Bonchev–Trinajstić information content (AvgIpc) is 3.22. The van der Waals surface area contributed by atoms with Crippen molar-refractivity contribution in [2.45, 2.75) is 52.7 Å². The third-order valence-corrected chi connectivity index (χ3v) is 4.85. The van der Waals surface area contributed by atoms with Crippen LogP contribution in [0.25, 0.3) is 0 Å². The van der Waals surface area contributed by atoms with Crippen molar-refractivity contribution in [3.05, 3.63) is 65.2 Å². The molecule has 0 saturated carbocycles. The second-order valence-corrected chi connectivity index (χ2v) is 8.25. The largest absolute Gasteiger partial charge is 0.490 e. The highest BCUT2D eigenvalue weighted by Gasteiger charge is 2.18. The van der Waals surface area contributed by atoms with Gasteiger partial charge in [0.15, 0.2) is 23.1 Å². The van der Waals surface area contributed by atoms with E-state index >= 15 is 0 Å². The molecule has 31 heavy (non-hydrogen) atoms. The summed E-state index contributed by atoms with van der Waals surface area (Å²) in [4.78, 5) is 4.50. The van der Waals surface area contributed by atoms with Crippen LogP contribution in [0, 0.1) is 0 Å². The first-order valence-corrected chi connectivity index (χ1v) is 10.6. The summed E-state index contributed by atoms with van der Waals surface area (Å²) in [5.41, 5.74) is 8.61. The van der Waals surface area contributed by atoms with E-state index < -0.39 is 6.04 Å². The smallest absolute Gasteiger partial charge is 0.172 e. The highest BCUT2D eigenvalue weighted by atomic mass is 16.5. The summed E-state index contributed by atoms with van der Waals surface area (Å²) < 4.78 is 17.1. The molecule has 166 valence electrons. The second-order valence-electron chi connectivity index (χ2n) is 8.25. The Morgan fingerprint density at radius 2 is 1.61 bits per heavy atom. The van der Waals surface area contributed by atoms with Crippen molar-refractivity contribution in [3.63, 3.8) is 0 Å². The molecule has 0 saturated heterocycles. The molecule has 7 heteroatoms. The van der Waals surface area contributed by atoms with E-state index in [9.17, 15) is 0 Å². The van der Waals surface area contributed by atoms with Gasteiger partial charge in [-0.1, -0.05) is 39.0 Å². The van der Waals surface area contributed by atoms with Crippen molar-refractivity contribution in [2.75, 3.05) is 13.2 Å². The molecule has 0 aliphatic carbocycles. The van der Waals surface area contributed by atoms with Crippen LogP contribution < -0.4 is 19.9 Å². The zero-order chi connectivity index (χ0) is 22.4. The zero-order valence-electron chi connectivity index (χ0n) is 18.9. The summed E-state index contributed by atoms with van der Waals surface area (Å²) in [5, 5.41) is 7.18. The van der Waals surface area contributed by atoms with E-state index in [-0.39, 0.29) is 12.0 Å². The number of benzene rings is 2. The minimum Gasteiger partial charge on any atom is -0.490 e. The van der Waals surface area contributed by atoms with Crippen molar-refractivity contribution >= 4 is 0 Å². The Morgan fingerprint density at radius 1 is 0.935 bits per heavy atom. The van der Waals surface area contributed by atoms with Crippen molar-refractivity contribution in [2.24, 2.45) is 5.73 Å². The van der Waals surface area contributed by atoms with Gasteiger partial charge in [-0.05, 0) is 54.7 Å². The summed E-state index contributed by atoms with van der Waals surface area (Å²) in [6.07, 6.45) is 0. The summed E-state index contributed by atoms with van der Waals surface area (Å²) in [7, 11) is 0. The van der Waals surface area contributed by atoms with Crippen molar-refractivity contribution in [3.8, 4) is 17.2 Å². The van der Waals surface area contributed by atoms with E-state index in [2.05, 4.69) is 48.1 Å².